The summed E-state index contributed by atoms with van der Waals surface area (Å²) >= 11 is 0. The van der Waals surface area contributed by atoms with Gasteiger partial charge in [-0.05, 0) is 12.8 Å². The second-order valence-corrected chi connectivity index (χ2v) is 2.60. The van der Waals surface area contributed by atoms with Crippen LogP contribution in [0.3, 0.4) is 0 Å². The van der Waals surface area contributed by atoms with E-state index in [4.69, 9.17) is 14.6 Å². The van der Waals surface area contributed by atoms with Gasteiger partial charge >= 0.3 is 0 Å². The van der Waals surface area contributed by atoms with Crippen LogP contribution >= 0.6 is 0 Å². The minimum absolute atomic E-state index is 0.0557. The molecule has 0 aromatic rings. The van der Waals surface area contributed by atoms with Crippen molar-refractivity contribution in [3.8, 4) is 0 Å². The molecule has 3 nitrogen and oxygen atoms in total. The van der Waals surface area contributed by atoms with Crippen molar-refractivity contribution in [2.24, 2.45) is 0 Å². The maximum Gasteiger partial charge on any atom is 0.0814 e. The highest BCUT2D eigenvalue weighted by molar-refractivity contribution is 4.72. The third kappa shape index (κ3) is 1.94. The van der Waals surface area contributed by atoms with Crippen molar-refractivity contribution >= 4 is 0 Å². The molecule has 1 fully saturated rings. The molecule has 1 saturated heterocycles. The Balaban J connectivity index is 2.15. The molecule has 2 atom stereocenters. The number of hydrogen-bond acceptors (Lipinski definition) is 3. The smallest absolute Gasteiger partial charge is 0.0814 e. The Labute approximate surface area is 60.9 Å². The van der Waals surface area contributed by atoms with Crippen molar-refractivity contribution in [1.29, 1.82) is 0 Å². The molecular weight excluding hydrogens is 132 g/mol. The first kappa shape index (κ1) is 7.98. The second kappa shape index (κ2) is 3.91. The van der Waals surface area contributed by atoms with Gasteiger partial charge < -0.3 is 14.6 Å². The monoisotopic (exact) mass is 146 g/mol. The van der Waals surface area contributed by atoms with Crippen molar-refractivity contribution in [3.63, 3.8) is 0 Å². The molecule has 0 aliphatic carbocycles. The second-order valence-electron chi connectivity index (χ2n) is 2.60. The van der Waals surface area contributed by atoms with Crippen molar-refractivity contribution in [1.82, 2.24) is 0 Å². The Morgan fingerprint density at radius 2 is 2.20 bits per heavy atom. The summed E-state index contributed by atoms with van der Waals surface area (Å²) in [5.74, 6) is 0. The van der Waals surface area contributed by atoms with Gasteiger partial charge in [0.25, 0.3) is 0 Å². The van der Waals surface area contributed by atoms with Crippen molar-refractivity contribution in [2.45, 2.75) is 25.0 Å². The summed E-state index contributed by atoms with van der Waals surface area (Å²) in [4.78, 5) is 0. The molecule has 0 saturated carbocycles. The van der Waals surface area contributed by atoms with Crippen LogP contribution in [0.4, 0.5) is 0 Å². The van der Waals surface area contributed by atoms with E-state index in [1.165, 1.54) is 0 Å². The van der Waals surface area contributed by atoms with Crippen LogP contribution in [0.15, 0.2) is 0 Å². The molecule has 0 aromatic heterocycles. The van der Waals surface area contributed by atoms with Gasteiger partial charge in [-0.3, -0.25) is 0 Å². The van der Waals surface area contributed by atoms with Crippen LogP contribution in [-0.4, -0.2) is 37.6 Å². The summed E-state index contributed by atoms with van der Waals surface area (Å²) in [6.45, 7) is 0.788. The van der Waals surface area contributed by atoms with Crippen LogP contribution < -0.4 is 0 Å². The SMILES string of the molecule is COC[C@H]1CC[C@H](CO)O1. The Morgan fingerprint density at radius 3 is 2.70 bits per heavy atom. The molecule has 1 N–H and O–H groups in total. The Morgan fingerprint density at radius 1 is 1.50 bits per heavy atom. The molecule has 1 heterocycles. The topological polar surface area (TPSA) is 38.7 Å². The first-order chi connectivity index (χ1) is 4.86. The molecule has 0 aromatic carbocycles. The standard InChI is InChI=1S/C7H14O3/c1-9-5-7-3-2-6(4-8)10-7/h6-8H,2-5H2,1H3/t6-,7-/m1/s1. The third-order valence-corrected chi connectivity index (χ3v) is 1.75. The van der Waals surface area contributed by atoms with Gasteiger partial charge in [0.05, 0.1) is 25.4 Å². The van der Waals surface area contributed by atoms with E-state index in [0.717, 1.165) is 12.8 Å². The van der Waals surface area contributed by atoms with Gasteiger partial charge in [-0.2, -0.15) is 0 Å². The minimum Gasteiger partial charge on any atom is -0.394 e. The molecule has 0 amide bonds. The molecule has 1 aliphatic rings. The van der Waals surface area contributed by atoms with Crippen LogP contribution in [0.5, 0.6) is 0 Å². The van der Waals surface area contributed by atoms with Gasteiger partial charge in [-0.15, -0.1) is 0 Å². The van der Waals surface area contributed by atoms with Crippen LogP contribution in [0, 0.1) is 0 Å². The maximum absolute atomic E-state index is 8.69. The zero-order chi connectivity index (χ0) is 7.40. The minimum atomic E-state index is 0.0557. The number of aliphatic hydroxyl groups excluding tert-OH is 1. The van der Waals surface area contributed by atoms with Crippen LogP contribution in [-0.2, 0) is 9.47 Å². The molecule has 0 radical (unpaired) electrons. The van der Waals surface area contributed by atoms with E-state index in [1.54, 1.807) is 7.11 Å². The third-order valence-electron chi connectivity index (χ3n) is 1.75. The average Bonchev–Trinajstić information content (AvgIpc) is 2.37. The van der Waals surface area contributed by atoms with Gasteiger partial charge in [0.15, 0.2) is 0 Å². The van der Waals surface area contributed by atoms with E-state index in [0.29, 0.717) is 6.61 Å². The van der Waals surface area contributed by atoms with E-state index >= 15 is 0 Å². The van der Waals surface area contributed by atoms with Crippen LogP contribution in [0.1, 0.15) is 12.8 Å². The van der Waals surface area contributed by atoms with Crippen LogP contribution in [0.2, 0.25) is 0 Å². The largest absolute Gasteiger partial charge is 0.394 e. The number of hydrogen-bond donors (Lipinski definition) is 1. The molecule has 10 heavy (non-hydrogen) atoms. The summed E-state index contributed by atoms with van der Waals surface area (Å²) in [5.41, 5.74) is 0. The van der Waals surface area contributed by atoms with Gasteiger partial charge in [0, 0.05) is 7.11 Å². The summed E-state index contributed by atoms with van der Waals surface area (Å²) in [7, 11) is 1.66. The molecular formula is C7H14O3. The van der Waals surface area contributed by atoms with Gasteiger partial charge in [-0.1, -0.05) is 0 Å². The van der Waals surface area contributed by atoms with E-state index in [1.807, 2.05) is 0 Å². The molecule has 1 aliphatic heterocycles. The predicted molar refractivity (Wildman–Crippen MR) is 36.9 cm³/mol. The Bertz CT molecular complexity index is 94.9. The van der Waals surface area contributed by atoms with E-state index in [2.05, 4.69) is 0 Å². The predicted octanol–water partition coefficient (Wildman–Crippen LogP) is 0.173. The maximum atomic E-state index is 8.69. The number of rotatable bonds is 3. The zero-order valence-corrected chi connectivity index (χ0v) is 6.25. The van der Waals surface area contributed by atoms with E-state index < -0.39 is 0 Å². The fraction of sp³-hybridized carbons (Fsp3) is 1.00. The quantitative estimate of drug-likeness (QED) is 0.617. The lowest BCUT2D eigenvalue weighted by molar-refractivity contribution is -0.0213. The van der Waals surface area contributed by atoms with Crippen molar-refractivity contribution in [3.05, 3.63) is 0 Å². The highest BCUT2D eigenvalue weighted by atomic mass is 16.5. The van der Waals surface area contributed by atoms with Crippen molar-refractivity contribution in [2.75, 3.05) is 20.3 Å². The van der Waals surface area contributed by atoms with Crippen molar-refractivity contribution < 1.29 is 14.6 Å². The van der Waals surface area contributed by atoms with E-state index in [9.17, 15) is 0 Å². The highest BCUT2D eigenvalue weighted by Crippen LogP contribution is 2.18. The lowest BCUT2D eigenvalue weighted by atomic mass is 10.2. The fourth-order valence-electron chi connectivity index (χ4n) is 1.22. The Kier molecular flexibility index (Phi) is 3.12. The normalized spacial score (nSPS) is 33.0. The molecule has 60 valence electrons. The number of ether oxygens (including phenoxy) is 2. The fourth-order valence-corrected chi connectivity index (χ4v) is 1.22. The first-order valence-electron chi connectivity index (χ1n) is 3.62. The zero-order valence-electron chi connectivity index (χ0n) is 6.25. The van der Waals surface area contributed by atoms with E-state index in [-0.39, 0.29) is 18.8 Å². The molecule has 3 heteroatoms. The number of aliphatic hydroxyl groups is 1. The first-order valence-corrected chi connectivity index (χ1v) is 3.62. The summed E-state index contributed by atoms with van der Waals surface area (Å²) in [6, 6.07) is 0. The molecule has 0 spiro atoms. The molecule has 0 unspecified atom stereocenters. The molecule has 1 rings (SSSR count). The van der Waals surface area contributed by atoms with Gasteiger partial charge in [0.2, 0.25) is 0 Å². The van der Waals surface area contributed by atoms with Gasteiger partial charge in [-0.25, -0.2) is 0 Å². The van der Waals surface area contributed by atoms with Gasteiger partial charge in [0.1, 0.15) is 0 Å². The number of methoxy groups -OCH3 is 1. The lowest BCUT2D eigenvalue weighted by Crippen LogP contribution is -2.17. The average molecular weight is 146 g/mol. The van der Waals surface area contributed by atoms with Crippen LogP contribution in [0.25, 0.3) is 0 Å². The Hall–Kier alpha value is -0.120. The molecule has 0 bridgehead atoms. The summed E-state index contributed by atoms with van der Waals surface area (Å²) < 4.78 is 10.3. The summed E-state index contributed by atoms with van der Waals surface area (Å²) in [5, 5.41) is 8.69. The summed E-state index contributed by atoms with van der Waals surface area (Å²) in [6.07, 6.45) is 2.24. The lowest BCUT2D eigenvalue weighted by Gasteiger charge is -2.09. The highest BCUT2D eigenvalue weighted by Gasteiger charge is 2.23.